The molecule has 5 aliphatic rings. The van der Waals surface area contributed by atoms with E-state index in [9.17, 15) is 0 Å². The van der Waals surface area contributed by atoms with Gasteiger partial charge in [-0.2, -0.15) is 0 Å². The van der Waals surface area contributed by atoms with Crippen LogP contribution in [-0.2, 0) is 0 Å². The van der Waals surface area contributed by atoms with Gasteiger partial charge >= 0.3 is 0 Å². The molecule has 5 rings (SSSR count). The van der Waals surface area contributed by atoms with Crippen molar-refractivity contribution in [1.82, 2.24) is 9.80 Å². The molecule has 3 saturated heterocycles. The smallest absolute Gasteiger partial charge is 0.0348 e. The monoisotopic (exact) mass is 328 g/mol. The molecule has 0 spiro atoms. The molecule has 2 heteroatoms. The van der Waals surface area contributed by atoms with Gasteiger partial charge in [-0.3, -0.25) is 9.80 Å². The fraction of sp³-hybridized carbons (Fsp3) is 0.909. The number of rotatable bonds is 2. The van der Waals surface area contributed by atoms with Gasteiger partial charge in [0.05, 0.1) is 0 Å². The van der Waals surface area contributed by atoms with Gasteiger partial charge in [0.1, 0.15) is 0 Å². The van der Waals surface area contributed by atoms with Crippen LogP contribution in [0.5, 0.6) is 0 Å². The van der Waals surface area contributed by atoms with Gasteiger partial charge in [0.15, 0.2) is 0 Å². The molecule has 0 aromatic rings. The highest BCUT2D eigenvalue weighted by atomic mass is 15.2. The van der Waals surface area contributed by atoms with Crippen molar-refractivity contribution in [1.29, 1.82) is 0 Å². The van der Waals surface area contributed by atoms with Gasteiger partial charge in [0.2, 0.25) is 0 Å². The van der Waals surface area contributed by atoms with E-state index in [-0.39, 0.29) is 0 Å². The molecule has 0 unspecified atom stereocenters. The van der Waals surface area contributed by atoms with Crippen molar-refractivity contribution in [2.75, 3.05) is 26.2 Å². The van der Waals surface area contributed by atoms with Crippen LogP contribution in [0.25, 0.3) is 0 Å². The molecule has 0 radical (unpaired) electrons. The molecule has 4 fully saturated rings. The highest BCUT2D eigenvalue weighted by Crippen LogP contribution is 2.45. The first-order chi connectivity index (χ1) is 11.9. The summed E-state index contributed by atoms with van der Waals surface area (Å²) in [6.07, 6.45) is 19.0. The highest BCUT2D eigenvalue weighted by molar-refractivity contribution is 5.24. The molecule has 0 N–H and O–H groups in total. The lowest BCUT2D eigenvalue weighted by molar-refractivity contribution is -0.00535. The Bertz CT molecular complexity index is 478. The van der Waals surface area contributed by atoms with E-state index in [4.69, 9.17) is 0 Å². The molecule has 134 valence electrons. The van der Waals surface area contributed by atoms with E-state index in [1.807, 2.05) is 5.57 Å². The van der Waals surface area contributed by atoms with E-state index in [0.717, 1.165) is 29.8 Å². The van der Waals surface area contributed by atoms with E-state index in [1.54, 1.807) is 0 Å². The molecule has 3 aliphatic heterocycles. The van der Waals surface area contributed by atoms with Gasteiger partial charge in [-0.25, -0.2) is 0 Å². The summed E-state index contributed by atoms with van der Waals surface area (Å²) in [5.74, 6) is 2.83. The summed E-state index contributed by atoms with van der Waals surface area (Å²) >= 11 is 0. The zero-order valence-corrected chi connectivity index (χ0v) is 15.5. The van der Waals surface area contributed by atoms with E-state index in [1.165, 1.54) is 96.8 Å². The summed E-state index contributed by atoms with van der Waals surface area (Å²) in [7, 11) is 0. The van der Waals surface area contributed by atoms with Gasteiger partial charge in [0.25, 0.3) is 0 Å². The first kappa shape index (κ1) is 15.9. The third kappa shape index (κ3) is 2.88. The zero-order valence-electron chi connectivity index (χ0n) is 15.5. The van der Waals surface area contributed by atoms with Gasteiger partial charge in [-0.15, -0.1) is 0 Å². The van der Waals surface area contributed by atoms with Crippen LogP contribution in [0.4, 0.5) is 0 Å². The normalized spacial score (nSPS) is 41.4. The third-order valence-electron chi connectivity index (χ3n) is 7.98. The molecule has 1 saturated carbocycles. The van der Waals surface area contributed by atoms with Crippen LogP contribution in [0.2, 0.25) is 0 Å². The zero-order chi connectivity index (χ0) is 15.9. The molecule has 4 atom stereocenters. The van der Waals surface area contributed by atoms with E-state index < -0.39 is 0 Å². The number of fused-ring (bicyclic) bond motifs is 6. The molecule has 0 amide bonds. The Kier molecular flexibility index (Phi) is 4.47. The van der Waals surface area contributed by atoms with Crippen LogP contribution in [0, 0.1) is 17.8 Å². The average molecular weight is 329 g/mol. The minimum atomic E-state index is 0.819. The maximum atomic E-state index is 2.95. The summed E-state index contributed by atoms with van der Waals surface area (Å²) in [4.78, 5) is 5.85. The van der Waals surface area contributed by atoms with Gasteiger partial charge in [0, 0.05) is 25.2 Å². The highest BCUT2D eigenvalue weighted by Gasteiger charge is 2.45. The molecular weight excluding hydrogens is 292 g/mol. The maximum absolute atomic E-state index is 2.95. The Hall–Kier alpha value is -0.340. The topological polar surface area (TPSA) is 6.48 Å². The van der Waals surface area contributed by atoms with E-state index in [2.05, 4.69) is 15.9 Å². The van der Waals surface area contributed by atoms with Gasteiger partial charge in [-0.05, 0) is 75.8 Å². The van der Waals surface area contributed by atoms with Crippen molar-refractivity contribution < 1.29 is 0 Å². The van der Waals surface area contributed by atoms with Crippen LogP contribution in [0.3, 0.4) is 0 Å². The lowest BCUT2D eigenvalue weighted by Gasteiger charge is -2.55. The molecule has 2 bridgehead atoms. The summed E-state index contributed by atoms with van der Waals surface area (Å²) in [6.45, 7) is 5.58. The quantitative estimate of drug-likeness (QED) is 0.691. The van der Waals surface area contributed by atoms with Gasteiger partial charge in [-0.1, -0.05) is 37.3 Å². The molecule has 3 heterocycles. The van der Waals surface area contributed by atoms with Crippen molar-refractivity contribution in [3.63, 3.8) is 0 Å². The Balaban J connectivity index is 1.35. The Morgan fingerprint density at radius 3 is 2.71 bits per heavy atom. The summed E-state index contributed by atoms with van der Waals surface area (Å²) in [6, 6.07) is 1.72. The number of hydrogen-bond donors (Lipinski definition) is 0. The lowest BCUT2D eigenvalue weighted by atomic mass is 9.68. The lowest BCUT2D eigenvalue weighted by Crippen LogP contribution is -2.59. The molecule has 24 heavy (non-hydrogen) atoms. The average Bonchev–Trinajstić information content (AvgIpc) is 2.63. The predicted molar refractivity (Wildman–Crippen MR) is 100 cm³/mol. The van der Waals surface area contributed by atoms with Crippen molar-refractivity contribution in [3.8, 4) is 0 Å². The maximum Gasteiger partial charge on any atom is 0.0348 e. The summed E-state index contributed by atoms with van der Waals surface area (Å²) in [5, 5.41) is 0. The Morgan fingerprint density at radius 1 is 0.917 bits per heavy atom. The standard InChI is InChI=1S/C22H36N2/c1-2-7-17(8-3-1)15-24-12-6-9-18-13-19-14-20(22(18)24)16-23-11-5-4-10-21(19)23/h13,17,19-22H,1-12,14-16H2/t19-,20+,21+,22+/m0/s1. The van der Waals surface area contributed by atoms with Gasteiger partial charge < -0.3 is 0 Å². The molecule has 2 aliphatic carbocycles. The second-order valence-electron chi connectivity index (χ2n) is 9.51. The van der Waals surface area contributed by atoms with Crippen molar-refractivity contribution in [2.24, 2.45) is 17.8 Å². The Labute approximate surface area is 148 Å². The second-order valence-corrected chi connectivity index (χ2v) is 9.51. The summed E-state index contributed by atoms with van der Waals surface area (Å²) in [5.41, 5.74) is 1.86. The molecule has 2 nitrogen and oxygen atoms in total. The number of piperidine rings is 3. The fourth-order valence-corrected chi connectivity index (χ4v) is 6.99. The third-order valence-corrected chi connectivity index (χ3v) is 7.98. The SMILES string of the molecule is C1=C2CCCN(CC3CCCCC3)[C@H]2[C@@H]2C[C@H]1[C@H]1CCCCN1C2. The largest absolute Gasteiger partial charge is 0.299 e. The molecule has 0 aromatic carbocycles. The number of nitrogens with zero attached hydrogens (tertiary/aromatic N) is 2. The number of likely N-dealkylation sites (tertiary alicyclic amines) is 1. The minimum absolute atomic E-state index is 0.819. The van der Waals surface area contributed by atoms with Crippen molar-refractivity contribution >= 4 is 0 Å². The summed E-state index contributed by atoms with van der Waals surface area (Å²) < 4.78 is 0. The molecular formula is C22H36N2. The predicted octanol–water partition coefficient (Wildman–Crippen LogP) is 4.46. The fourth-order valence-electron chi connectivity index (χ4n) is 6.99. The van der Waals surface area contributed by atoms with E-state index >= 15 is 0 Å². The molecule has 0 aromatic heterocycles. The number of hydrogen-bond acceptors (Lipinski definition) is 2. The first-order valence-corrected chi connectivity index (χ1v) is 11.1. The van der Waals surface area contributed by atoms with E-state index in [0.29, 0.717) is 0 Å². The van der Waals surface area contributed by atoms with Crippen LogP contribution >= 0.6 is 0 Å². The first-order valence-electron chi connectivity index (χ1n) is 11.1. The minimum Gasteiger partial charge on any atom is -0.299 e. The van der Waals surface area contributed by atoms with Crippen molar-refractivity contribution in [2.45, 2.75) is 82.7 Å². The van der Waals surface area contributed by atoms with Crippen molar-refractivity contribution in [3.05, 3.63) is 11.6 Å². The van der Waals surface area contributed by atoms with Crippen LogP contribution in [-0.4, -0.2) is 48.1 Å². The van der Waals surface area contributed by atoms with Crippen LogP contribution in [0.1, 0.15) is 70.6 Å². The van der Waals surface area contributed by atoms with Crippen LogP contribution in [0.15, 0.2) is 11.6 Å². The van der Waals surface area contributed by atoms with Crippen LogP contribution < -0.4 is 0 Å². The second kappa shape index (κ2) is 6.76. The Morgan fingerprint density at radius 2 is 1.79 bits per heavy atom.